The lowest BCUT2D eigenvalue weighted by Gasteiger charge is -2.23. The van der Waals surface area contributed by atoms with E-state index in [1.807, 2.05) is 18.2 Å². The van der Waals surface area contributed by atoms with Crippen molar-refractivity contribution in [2.24, 2.45) is 5.41 Å². The maximum Gasteiger partial charge on any atom is 0.230 e. The zero-order chi connectivity index (χ0) is 14.6. The van der Waals surface area contributed by atoms with Crippen molar-refractivity contribution >= 4 is 29.0 Å². The van der Waals surface area contributed by atoms with Gasteiger partial charge in [-0.15, -0.1) is 11.8 Å². The molecule has 20 heavy (non-hydrogen) atoms. The second kappa shape index (κ2) is 6.53. The van der Waals surface area contributed by atoms with E-state index in [-0.39, 0.29) is 11.3 Å². The molecular weight excluding hydrogens is 268 g/mol. The lowest BCUT2D eigenvalue weighted by Crippen LogP contribution is -2.31. The molecule has 3 N–H and O–H groups in total. The fourth-order valence-corrected chi connectivity index (χ4v) is 3.41. The number of benzene rings is 1. The quantitative estimate of drug-likeness (QED) is 0.629. The first-order chi connectivity index (χ1) is 9.55. The summed E-state index contributed by atoms with van der Waals surface area (Å²) in [6.45, 7) is 4.22. The highest BCUT2D eigenvalue weighted by Crippen LogP contribution is 2.39. The minimum atomic E-state index is -0.223. The fraction of sp³-hybridized carbons (Fsp3) is 0.562. The van der Waals surface area contributed by atoms with Crippen molar-refractivity contribution < 1.29 is 4.79 Å². The molecule has 0 spiro atoms. The van der Waals surface area contributed by atoms with Crippen LogP contribution in [0.25, 0.3) is 0 Å². The van der Waals surface area contributed by atoms with Gasteiger partial charge in [0.25, 0.3) is 0 Å². The van der Waals surface area contributed by atoms with Gasteiger partial charge in [-0.1, -0.05) is 26.7 Å². The number of hydrogen-bond donors (Lipinski definition) is 2. The van der Waals surface area contributed by atoms with Gasteiger partial charge in [-0.05, 0) is 43.2 Å². The Morgan fingerprint density at radius 1 is 1.40 bits per heavy atom. The molecule has 1 aromatic rings. The maximum atomic E-state index is 12.4. The third-order valence-corrected chi connectivity index (χ3v) is 5.20. The van der Waals surface area contributed by atoms with Gasteiger partial charge < -0.3 is 11.1 Å². The van der Waals surface area contributed by atoms with Crippen molar-refractivity contribution in [2.75, 3.05) is 16.8 Å². The Bertz CT molecular complexity index is 481. The normalized spacial score (nSPS) is 17.1. The number of nitrogen functional groups attached to an aromatic ring is 1. The van der Waals surface area contributed by atoms with Crippen LogP contribution in [-0.4, -0.2) is 11.7 Å². The van der Waals surface area contributed by atoms with E-state index in [2.05, 4.69) is 19.2 Å². The van der Waals surface area contributed by atoms with Gasteiger partial charge in [0.05, 0.1) is 11.4 Å². The molecule has 3 nitrogen and oxygen atoms in total. The standard InChI is InChI=1S/C16H24N2OS/c1-3-10-20-12-6-7-13(17)14(11-12)18-15(19)16(2)8-4-5-9-16/h6-7,11H,3-5,8-10,17H2,1-2H3,(H,18,19). The molecule has 0 radical (unpaired) electrons. The van der Waals surface area contributed by atoms with Crippen LogP contribution in [0.5, 0.6) is 0 Å². The highest BCUT2D eigenvalue weighted by molar-refractivity contribution is 7.99. The zero-order valence-electron chi connectivity index (χ0n) is 12.4. The molecule has 0 saturated heterocycles. The van der Waals surface area contributed by atoms with Gasteiger partial charge in [0.1, 0.15) is 0 Å². The minimum absolute atomic E-state index is 0.111. The van der Waals surface area contributed by atoms with Gasteiger partial charge in [-0.25, -0.2) is 0 Å². The van der Waals surface area contributed by atoms with Gasteiger partial charge in [0.15, 0.2) is 0 Å². The van der Waals surface area contributed by atoms with Gasteiger partial charge in [0, 0.05) is 10.3 Å². The highest BCUT2D eigenvalue weighted by Gasteiger charge is 2.36. The summed E-state index contributed by atoms with van der Waals surface area (Å²) in [4.78, 5) is 13.6. The molecule has 0 bridgehead atoms. The maximum absolute atomic E-state index is 12.4. The van der Waals surface area contributed by atoms with Crippen molar-refractivity contribution in [3.05, 3.63) is 18.2 Å². The minimum Gasteiger partial charge on any atom is -0.397 e. The van der Waals surface area contributed by atoms with Crippen LogP contribution in [0.3, 0.4) is 0 Å². The summed E-state index contributed by atoms with van der Waals surface area (Å²) in [5.74, 6) is 1.19. The van der Waals surface area contributed by atoms with E-state index in [9.17, 15) is 4.79 Å². The topological polar surface area (TPSA) is 55.1 Å². The predicted octanol–water partition coefficient (Wildman–Crippen LogP) is 4.29. The van der Waals surface area contributed by atoms with Crippen molar-refractivity contribution in [1.29, 1.82) is 0 Å². The highest BCUT2D eigenvalue weighted by atomic mass is 32.2. The first-order valence-electron chi connectivity index (χ1n) is 7.39. The van der Waals surface area contributed by atoms with Crippen molar-refractivity contribution in [1.82, 2.24) is 0 Å². The van der Waals surface area contributed by atoms with Crippen LogP contribution in [0, 0.1) is 5.41 Å². The molecule has 1 aromatic carbocycles. The summed E-state index contributed by atoms with van der Waals surface area (Å²) in [5, 5.41) is 3.03. The number of carbonyl (C=O) groups is 1. The third-order valence-electron chi connectivity index (χ3n) is 4.00. The lowest BCUT2D eigenvalue weighted by atomic mass is 9.88. The van der Waals surface area contributed by atoms with E-state index in [4.69, 9.17) is 5.73 Å². The van der Waals surface area contributed by atoms with Crippen LogP contribution >= 0.6 is 11.8 Å². The second-order valence-corrected chi connectivity index (χ2v) is 6.99. The zero-order valence-corrected chi connectivity index (χ0v) is 13.2. The smallest absolute Gasteiger partial charge is 0.230 e. The number of amides is 1. The largest absolute Gasteiger partial charge is 0.397 e. The predicted molar refractivity (Wildman–Crippen MR) is 87.1 cm³/mol. The number of thioether (sulfide) groups is 1. The molecule has 110 valence electrons. The van der Waals surface area contributed by atoms with Gasteiger partial charge >= 0.3 is 0 Å². The van der Waals surface area contributed by atoms with E-state index in [1.54, 1.807) is 11.8 Å². The average Bonchev–Trinajstić information content (AvgIpc) is 2.88. The Hall–Kier alpha value is -1.16. The molecule has 1 aliphatic rings. The van der Waals surface area contributed by atoms with Crippen LogP contribution in [-0.2, 0) is 4.79 Å². The van der Waals surface area contributed by atoms with Crippen molar-refractivity contribution in [3.8, 4) is 0 Å². The number of rotatable bonds is 5. The molecule has 2 rings (SSSR count). The molecule has 4 heteroatoms. The molecule has 0 unspecified atom stereocenters. The Labute approximate surface area is 125 Å². The van der Waals surface area contributed by atoms with Crippen molar-refractivity contribution in [3.63, 3.8) is 0 Å². The molecular formula is C16H24N2OS. The number of nitrogens with one attached hydrogen (secondary N) is 1. The number of carbonyl (C=O) groups excluding carboxylic acids is 1. The van der Waals surface area contributed by atoms with Crippen molar-refractivity contribution in [2.45, 2.75) is 50.8 Å². The molecule has 0 aliphatic heterocycles. The lowest BCUT2D eigenvalue weighted by molar-refractivity contribution is -0.124. The van der Waals surface area contributed by atoms with E-state index in [0.717, 1.165) is 48.4 Å². The van der Waals surface area contributed by atoms with E-state index < -0.39 is 0 Å². The molecule has 1 fully saturated rings. The summed E-state index contributed by atoms with van der Waals surface area (Å²) in [6.07, 6.45) is 5.37. The number of nitrogens with two attached hydrogens (primary N) is 1. The van der Waals surface area contributed by atoms with Crippen LogP contribution in [0.1, 0.15) is 46.0 Å². The average molecular weight is 292 g/mol. The molecule has 1 saturated carbocycles. The van der Waals surface area contributed by atoms with Gasteiger partial charge in [-0.3, -0.25) is 4.79 Å². The molecule has 0 aromatic heterocycles. The number of anilines is 2. The van der Waals surface area contributed by atoms with Gasteiger partial charge in [-0.2, -0.15) is 0 Å². The first kappa shape index (κ1) is 15.2. The summed E-state index contributed by atoms with van der Waals surface area (Å²) >= 11 is 1.79. The van der Waals surface area contributed by atoms with E-state index >= 15 is 0 Å². The summed E-state index contributed by atoms with van der Waals surface area (Å²) in [7, 11) is 0. The Morgan fingerprint density at radius 3 is 2.75 bits per heavy atom. The molecule has 0 atom stereocenters. The Kier molecular flexibility index (Phi) is 4.97. The van der Waals surface area contributed by atoms with Crippen LogP contribution < -0.4 is 11.1 Å². The van der Waals surface area contributed by atoms with Gasteiger partial charge in [0.2, 0.25) is 5.91 Å². The molecule has 0 heterocycles. The van der Waals surface area contributed by atoms with Crippen LogP contribution in [0.15, 0.2) is 23.1 Å². The SMILES string of the molecule is CCCSc1ccc(N)c(NC(=O)C2(C)CCCC2)c1. The first-order valence-corrected chi connectivity index (χ1v) is 8.37. The monoisotopic (exact) mass is 292 g/mol. The second-order valence-electron chi connectivity index (χ2n) is 5.82. The van der Waals surface area contributed by atoms with Crippen LogP contribution in [0.4, 0.5) is 11.4 Å². The Balaban J connectivity index is 2.09. The summed E-state index contributed by atoms with van der Waals surface area (Å²) in [6, 6.07) is 5.89. The number of hydrogen-bond acceptors (Lipinski definition) is 3. The van der Waals surface area contributed by atoms with E-state index in [0.29, 0.717) is 5.69 Å². The Morgan fingerprint density at radius 2 is 2.10 bits per heavy atom. The molecule has 1 amide bonds. The van der Waals surface area contributed by atoms with E-state index in [1.165, 1.54) is 0 Å². The summed E-state index contributed by atoms with van der Waals surface area (Å²) in [5.41, 5.74) is 7.15. The molecule has 1 aliphatic carbocycles. The summed E-state index contributed by atoms with van der Waals surface area (Å²) < 4.78 is 0. The van der Waals surface area contributed by atoms with Crippen LogP contribution in [0.2, 0.25) is 0 Å². The fourth-order valence-electron chi connectivity index (χ4n) is 2.61. The third kappa shape index (κ3) is 3.48.